The van der Waals surface area contributed by atoms with E-state index in [0.29, 0.717) is 41.9 Å². The van der Waals surface area contributed by atoms with Gasteiger partial charge in [0.15, 0.2) is 0 Å². The number of aromatic amines is 1. The number of sulfonamides is 1. The summed E-state index contributed by atoms with van der Waals surface area (Å²) < 4.78 is 35.8. The van der Waals surface area contributed by atoms with Gasteiger partial charge in [-0.15, -0.1) is 0 Å². The zero-order chi connectivity index (χ0) is 43.7. The van der Waals surface area contributed by atoms with E-state index in [9.17, 15) is 23.3 Å². The number of ether oxygens (including phenoxy) is 1. The van der Waals surface area contributed by atoms with Gasteiger partial charge in [-0.1, -0.05) is 57.4 Å². The van der Waals surface area contributed by atoms with Crippen LogP contribution in [0.4, 0.5) is 17.2 Å². The van der Waals surface area contributed by atoms with Crippen LogP contribution in [-0.2, 0) is 10.0 Å². The quantitative estimate of drug-likeness (QED) is 0.0656. The van der Waals surface area contributed by atoms with Crippen molar-refractivity contribution in [1.29, 1.82) is 0 Å². The number of nitro groups is 1. The highest BCUT2D eigenvalue weighted by molar-refractivity contribution is 7.90. The Morgan fingerprint density at radius 3 is 2.57 bits per heavy atom. The number of hydrogen-bond acceptors (Lipinski definition) is 12. The van der Waals surface area contributed by atoms with Crippen molar-refractivity contribution >= 4 is 44.2 Å². The fourth-order valence-electron chi connectivity index (χ4n) is 10.4. The van der Waals surface area contributed by atoms with E-state index in [4.69, 9.17) is 4.74 Å². The summed E-state index contributed by atoms with van der Waals surface area (Å²) in [7, 11) is -4.59. The number of H-pyrrole nitrogens is 1. The predicted octanol–water partition coefficient (Wildman–Crippen LogP) is 8.29. The molecule has 2 aliphatic heterocycles. The minimum atomic E-state index is -4.59. The Balaban J connectivity index is 0.905. The summed E-state index contributed by atoms with van der Waals surface area (Å²) >= 11 is 0. The van der Waals surface area contributed by atoms with E-state index in [1.165, 1.54) is 30.4 Å². The van der Waals surface area contributed by atoms with E-state index in [0.717, 1.165) is 94.6 Å². The van der Waals surface area contributed by atoms with Gasteiger partial charge >= 0.3 is 5.69 Å². The summed E-state index contributed by atoms with van der Waals surface area (Å²) in [5, 5.41) is 19.6. The molecule has 5 aromatic rings. The molecule has 0 unspecified atom stereocenters. The van der Waals surface area contributed by atoms with E-state index in [-0.39, 0.29) is 22.5 Å². The van der Waals surface area contributed by atoms with Gasteiger partial charge in [0.05, 0.1) is 22.9 Å². The normalized spacial score (nSPS) is 19.9. The van der Waals surface area contributed by atoms with Crippen molar-refractivity contribution in [3.05, 3.63) is 106 Å². The summed E-state index contributed by atoms with van der Waals surface area (Å²) in [6.45, 7) is 9.74. The number of nitrogens with zero attached hydrogens (tertiary/aromatic N) is 5. The lowest BCUT2D eigenvalue weighted by molar-refractivity contribution is -0.384. The molecule has 9 rings (SSSR count). The molecule has 4 N–H and O–H groups in total. The first-order valence-electron chi connectivity index (χ1n) is 22.5. The van der Waals surface area contributed by atoms with Crippen molar-refractivity contribution in [3.63, 3.8) is 0 Å². The van der Waals surface area contributed by atoms with Gasteiger partial charge < -0.3 is 25.3 Å². The average molecular weight is 876 g/mol. The SMILES string of the molecule is CC(C)c1ccccc1[C@@H]1CNCCN1C1CC2(CCN(c3ccc(C(=O)NS(=O)(=O)c4cnc(NCC5CCCCC5)c([N+](=O)[O-])c4)c(Oc4cnc5[nH]ccc5c4)c3)CC2)C1. The van der Waals surface area contributed by atoms with Gasteiger partial charge in [0.2, 0.25) is 5.82 Å². The largest absolute Gasteiger partial charge is 0.455 e. The second-order valence-electron chi connectivity index (χ2n) is 18.3. The predicted molar refractivity (Wildman–Crippen MR) is 243 cm³/mol. The second kappa shape index (κ2) is 17.9. The molecule has 1 spiro atoms. The second-order valence-corrected chi connectivity index (χ2v) is 20.0. The fraction of sp³-hybridized carbons (Fsp3) is 0.468. The van der Waals surface area contributed by atoms with Crippen LogP contribution in [0.15, 0.2) is 84.1 Å². The van der Waals surface area contributed by atoms with Crippen LogP contribution in [0.1, 0.15) is 105 Å². The van der Waals surface area contributed by atoms with Crippen molar-refractivity contribution in [3.8, 4) is 11.5 Å². The number of nitrogens with one attached hydrogen (secondary N) is 4. The molecule has 3 aromatic heterocycles. The Morgan fingerprint density at radius 1 is 1.00 bits per heavy atom. The van der Waals surface area contributed by atoms with Gasteiger partial charge in [-0.25, -0.2) is 23.1 Å². The molecule has 2 aromatic carbocycles. The van der Waals surface area contributed by atoms with Gasteiger partial charge in [0, 0.05) is 80.8 Å². The summed E-state index contributed by atoms with van der Waals surface area (Å²) in [4.78, 5) is 41.5. The monoisotopic (exact) mass is 875 g/mol. The van der Waals surface area contributed by atoms with Crippen LogP contribution in [0.5, 0.6) is 11.5 Å². The number of fused-ring (bicyclic) bond motifs is 1. The first-order valence-corrected chi connectivity index (χ1v) is 23.9. The highest BCUT2D eigenvalue weighted by Crippen LogP contribution is 2.53. The molecular formula is C47H57N9O6S. The summed E-state index contributed by atoms with van der Waals surface area (Å²) in [6, 6.07) is 19.6. The van der Waals surface area contributed by atoms with Crippen LogP contribution in [0.2, 0.25) is 0 Å². The molecule has 15 nitrogen and oxygen atoms in total. The topological polar surface area (TPSA) is 188 Å². The fourth-order valence-corrected chi connectivity index (χ4v) is 11.3. The van der Waals surface area contributed by atoms with Gasteiger partial charge in [-0.3, -0.25) is 19.8 Å². The van der Waals surface area contributed by atoms with E-state index < -0.39 is 31.4 Å². The third-order valence-corrected chi connectivity index (χ3v) is 15.2. The van der Waals surface area contributed by atoms with E-state index in [1.807, 2.05) is 12.1 Å². The minimum Gasteiger partial charge on any atom is -0.455 e. The number of carbonyl (C=O) groups excluding carboxylic acids is 1. The maximum absolute atomic E-state index is 13.9. The first kappa shape index (κ1) is 42.7. The Bertz CT molecular complexity index is 2580. The standard InChI is InChI=1S/C47H57N9O6S/c1-31(2)38-10-6-7-11-39(38)42-30-48-18-21-55(42)35-25-47(26-35)15-19-54(20-16-47)34-12-13-40(43(23-34)62-36-22-33-14-17-49-44(33)51-28-36)46(57)53-63(60,61)37-24-41(56(58)59)45(52-29-37)50-27-32-8-4-3-5-9-32/h6-7,10-14,17,22-24,28-29,31-32,35,42,48H,3-5,8-9,15-16,18-21,25-27,30H2,1-2H3,(H,49,51)(H,50,52)(H,53,57)/t42-/m0/s1. The number of amides is 1. The third kappa shape index (κ3) is 9.11. The molecule has 332 valence electrons. The number of piperazine rings is 1. The number of piperidine rings is 1. The number of carbonyl (C=O) groups is 1. The van der Waals surface area contributed by atoms with Crippen LogP contribution < -0.4 is 25.0 Å². The van der Waals surface area contributed by atoms with Gasteiger partial charge in [0.25, 0.3) is 15.9 Å². The molecular weight excluding hydrogens is 819 g/mol. The zero-order valence-corrected chi connectivity index (χ0v) is 36.8. The molecule has 2 aliphatic carbocycles. The Labute approximate surface area is 368 Å². The van der Waals surface area contributed by atoms with Gasteiger partial charge in [-0.2, -0.15) is 0 Å². The molecule has 1 atom stereocenters. The maximum Gasteiger partial charge on any atom is 0.312 e. The smallest absolute Gasteiger partial charge is 0.312 e. The van der Waals surface area contributed by atoms with Crippen LogP contribution >= 0.6 is 0 Å². The van der Waals surface area contributed by atoms with Crippen molar-refractivity contribution in [1.82, 2.24) is 29.9 Å². The first-order chi connectivity index (χ1) is 30.4. The molecule has 4 fully saturated rings. The number of aromatic nitrogens is 3. The van der Waals surface area contributed by atoms with Crippen molar-refractivity contribution < 1.29 is 22.9 Å². The van der Waals surface area contributed by atoms with Crippen molar-refractivity contribution in [2.24, 2.45) is 11.3 Å². The number of pyridine rings is 2. The zero-order valence-electron chi connectivity index (χ0n) is 36.0. The maximum atomic E-state index is 13.9. The molecule has 2 saturated carbocycles. The van der Waals surface area contributed by atoms with E-state index in [1.54, 1.807) is 30.6 Å². The summed E-state index contributed by atoms with van der Waals surface area (Å²) in [6.07, 6.45) is 14.2. The highest BCUT2D eigenvalue weighted by Gasteiger charge is 2.49. The molecule has 4 aliphatic rings. The molecule has 0 bridgehead atoms. The van der Waals surface area contributed by atoms with E-state index >= 15 is 0 Å². The summed E-state index contributed by atoms with van der Waals surface area (Å²) in [5.41, 5.74) is 4.18. The lowest BCUT2D eigenvalue weighted by Crippen LogP contribution is -2.59. The van der Waals surface area contributed by atoms with E-state index in [2.05, 4.69) is 78.2 Å². The van der Waals surface area contributed by atoms with Crippen LogP contribution in [0.25, 0.3) is 11.0 Å². The van der Waals surface area contributed by atoms with Crippen molar-refractivity contribution in [2.45, 2.75) is 94.5 Å². The number of benzene rings is 2. The van der Waals surface area contributed by atoms with Gasteiger partial charge in [0.1, 0.15) is 22.0 Å². The number of anilines is 2. The molecule has 16 heteroatoms. The Kier molecular flexibility index (Phi) is 12.1. The highest BCUT2D eigenvalue weighted by atomic mass is 32.2. The molecule has 63 heavy (non-hydrogen) atoms. The molecule has 0 radical (unpaired) electrons. The lowest BCUT2D eigenvalue weighted by atomic mass is 9.59. The lowest BCUT2D eigenvalue weighted by Gasteiger charge is -2.57. The Hall–Kier alpha value is -5.58. The number of hydrogen-bond donors (Lipinski definition) is 4. The third-order valence-electron chi connectivity index (χ3n) is 13.9. The molecule has 2 saturated heterocycles. The average Bonchev–Trinajstić information content (AvgIpc) is 3.76. The molecule has 1 amide bonds. The van der Waals surface area contributed by atoms with Gasteiger partial charge in [-0.05, 0) is 91.2 Å². The van der Waals surface area contributed by atoms with Crippen LogP contribution in [-0.4, -0.2) is 84.4 Å². The molecule has 5 heterocycles. The number of rotatable bonds is 13. The van der Waals surface area contributed by atoms with Crippen LogP contribution in [0, 0.1) is 21.4 Å². The minimum absolute atomic E-state index is 0.00710. The summed E-state index contributed by atoms with van der Waals surface area (Å²) in [5.74, 6) is 0.394. The van der Waals surface area contributed by atoms with Crippen LogP contribution in [0.3, 0.4) is 0 Å². The van der Waals surface area contributed by atoms with Crippen molar-refractivity contribution in [2.75, 3.05) is 49.5 Å². The Morgan fingerprint density at radius 2 is 1.79 bits per heavy atom.